The SMILES string of the molecule is CC(Sc1nnc(SC(C)C(=O)NN=Cc2ccc(N(C)C)cc2)s1)C(=O)NN=Cc1ccc(N(C)C)cc1. The monoisotopic (exact) mass is 584 g/mol. The predicted molar refractivity (Wildman–Crippen MR) is 164 cm³/mol. The number of aromatic nitrogens is 2. The van der Waals surface area contributed by atoms with Crippen LogP contribution in [0.3, 0.4) is 0 Å². The summed E-state index contributed by atoms with van der Waals surface area (Å²) in [4.78, 5) is 28.9. The number of benzene rings is 2. The first kappa shape index (κ1) is 30.1. The average molecular weight is 585 g/mol. The summed E-state index contributed by atoms with van der Waals surface area (Å²) in [5, 5.41) is 15.5. The van der Waals surface area contributed by atoms with E-state index in [1.54, 1.807) is 26.3 Å². The highest BCUT2D eigenvalue weighted by molar-refractivity contribution is 8.04. The van der Waals surface area contributed by atoms with Gasteiger partial charge in [-0.1, -0.05) is 59.1 Å². The number of carbonyl (C=O) groups excluding carboxylic acids is 2. The van der Waals surface area contributed by atoms with Crippen LogP contribution in [0.15, 0.2) is 67.4 Å². The molecule has 206 valence electrons. The van der Waals surface area contributed by atoms with Crippen molar-refractivity contribution >= 4 is 70.5 Å². The van der Waals surface area contributed by atoms with Crippen molar-refractivity contribution in [2.75, 3.05) is 38.0 Å². The molecule has 3 rings (SSSR count). The number of carbonyl (C=O) groups is 2. The van der Waals surface area contributed by atoms with Gasteiger partial charge in [0.1, 0.15) is 0 Å². The highest BCUT2D eigenvalue weighted by atomic mass is 32.2. The number of thioether (sulfide) groups is 2. The molecule has 13 heteroatoms. The zero-order valence-electron chi connectivity index (χ0n) is 22.7. The third-order valence-corrected chi connectivity index (χ3v) is 8.57. The van der Waals surface area contributed by atoms with Crippen LogP contribution in [0.5, 0.6) is 0 Å². The highest BCUT2D eigenvalue weighted by Gasteiger charge is 2.20. The van der Waals surface area contributed by atoms with Gasteiger partial charge in [-0.2, -0.15) is 10.2 Å². The molecule has 0 aliphatic rings. The van der Waals surface area contributed by atoms with E-state index in [4.69, 9.17) is 0 Å². The molecule has 10 nitrogen and oxygen atoms in total. The van der Waals surface area contributed by atoms with Crippen LogP contribution in [0.25, 0.3) is 0 Å². The number of nitrogens with one attached hydrogen (secondary N) is 2. The molecule has 0 aliphatic carbocycles. The van der Waals surface area contributed by atoms with Gasteiger partial charge >= 0.3 is 0 Å². The third-order valence-electron chi connectivity index (χ3n) is 5.28. The zero-order valence-corrected chi connectivity index (χ0v) is 25.1. The topological polar surface area (TPSA) is 115 Å². The molecule has 0 radical (unpaired) electrons. The average Bonchev–Trinajstić information content (AvgIpc) is 3.35. The predicted octanol–water partition coefficient (Wildman–Crippen LogP) is 3.93. The van der Waals surface area contributed by atoms with E-state index in [0.29, 0.717) is 8.68 Å². The molecule has 0 aliphatic heterocycles. The molecule has 1 aromatic heterocycles. The number of hydrogen-bond donors (Lipinski definition) is 2. The lowest BCUT2D eigenvalue weighted by molar-refractivity contribution is -0.121. The summed E-state index contributed by atoms with van der Waals surface area (Å²) in [5.41, 5.74) is 9.06. The van der Waals surface area contributed by atoms with Crippen molar-refractivity contribution in [3.05, 3.63) is 59.7 Å². The summed E-state index contributed by atoms with van der Waals surface area (Å²) < 4.78 is 1.27. The minimum atomic E-state index is -0.425. The van der Waals surface area contributed by atoms with Gasteiger partial charge in [0.25, 0.3) is 11.8 Å². The van der Waals surface area contributed by atoms with Crippen molar-refractivity contribution in [2.45, 2.75) is 33.0 Å². The number of hydrogen-bond acceptors (Lipinski definition) is 11. The molecule has 2 amide bonds. The first-order chi connectivity index (χ1) is 18.6. The van der Waals surface area contributed by atoms with Crippen molar-refractivity contribution in [1.82, 2.24) is 21.0 Å². The van der Waals surface area contributed by atoms with Gasteiger partial charge < -0.3 is 9.80 Å². The number of amides is 2. The third kappa shape index (κ3) is 9.68. The van der Waals surface area contributed by atoms with Gasteiger partial charge in [0, 0.05) is 39.6 Å². The lowest BCUT2D eigenvalue weighted by Gasteiger charge is -2.11. The summed E-state index contributed by atoms with van der Waals surface area (Å²) in [6.07, 6.45) is 3.21. The minimum absolute atomic E-state index is 0.243. The normalized spacial score (nSPS) is 12.9. The fourth-order valence-corrected chi connectivity index (χ4v) is 6.24. The minimum Gasteiger partial charge on any atom is -0.378 e. The summed E-state index contributed by atoms with van der Waals surface area (Å²) in [6.45, 7) is 3.55. The van der Waals surface area contributed by atoms with Crippen LogP contribution in [0.4, 0.5) is 11.4 Å². The van der Waals surface area contributed by atoms with E-state index >= 15 is 0 Å². The van der Waals surface area contributed by atoms with Gasteiger partial charge in [-0.25, -0.2) is 10.9 Å². The van der Waals surface area contributed by atoms with Gasteiger partial charge in [-0.05, 0) is 49.2 Å². The molecule has 2 N–H and O–H groups in total. The van der Waals surface area contributed by atoms with Gasteiger partial charge in [-0.15, -0.1) is 10.2 Å². The van der Waals surface area contributed by atoms with E-state index in [1.165, 1.54) is 34.9 Å². The summed E-state index contributed by atoms with van der Waals surface area (Å²) >= 11 is 3.91. The largest absolute Gasteiger partial charge is 0.378 e. The second-order valence-electron chi connectivity index (χ2n) is 8.79. The molecule has 3 aromatic rings. The summed E-state index contributed by atoms with van der Waals surface area (Å²) in [7, 11) is 7.90. The number of hydrazone groups is 2. The fourth-order valence-electron chi connectivity index (χ4n) is 2.94. The van der Waals surface area contributed by atoms with E-state index in [9.17, 15) is 9.59 Å². The van der Waals surface area contributed by atoms with Crippen LogP contribution in [0.2, 0.25) is 0 Å². The molecule has 2 aromatic carbocycles. The molecule has 1 heterocycles. The molecule has 0 saturated heterocycles. The molecule has 0 fully saturated rings. The number of rotatable bonds is 12. The van der Waals surface area contributed by atoms with Crippen molar-refractivity contribution in [3.63, 3.8) is 0 Å². The van der Waals surface area contributed by atoms with Crippen LogP contribution in [-0.2, 0) is 9.59 Å². The fraction of sp³-hybridized carbons (Fsp3) is 0.308. The van der Waals surface area contributed by atoms with Crippen LogP contribution in [0, 0.1) is 0 Å². The molecular weight excluding hydrogens is 553 g/mol. The quantitative estimate of drug-likeness (QED) is 0.187. The van der Waals surface area contributed by atoms with E-state index < -0.39 is 10.5 Å². The van der Waals surface area contributed by atoms with Gasteiger partial charge in [0.15, 0.2) is 8.68 Å². The van der Waals surface area contributed by atoms with Crippen LogP contribution < -0.4 is 20.7 Å². The number of anilines is 2. The zero-order chi connectivity index (χ0) is 28.4. The van der Waals surface area contributed by atoms with E-state index in [-0.39, 0.29) is 11.8 Å². The molecular formula is C26H32N8O2S3. The maximum Gasteiger partial charge on any atom is 0.253 e. The van der Waals surface area contributed by atoms with Gasteiger partial charge in [-0.3, -0.25) is 9.59 Å². The Morgan fingerprint density at radius 1 is 0.744 bits per heavy atom. The Morgan fingerprint density at radius 2 is 1.10 bits per heavy atom. The van der Waals surface area contributed by atoms with Crippen LogP contribution in [0.1, 0.15) is 25.0 Å². The Labute approximate surface area is 241 Å². The maximum absolute atomic E-state index is 12.4. The molecule has 39 heavy (non-hydrogen) atoms. The van der Waals surface area contributed by atoms with E-state index in [0.717, 1.165) is 22.5 Å². The van der Waals surface area contributed by atoms with E-state index in [2.05, 4.69) is 31.3 Å². The Morgan fingerprint density at radius 3 is 1.44 bits per heavy atom. The lowest BCUT2D eigenvalue weighted by Crippen LogP contribution is -2.26. The molecule has 2 unspecified atom stereocenters. The maximum atomic E-state index is 12.4. The van der Waals surface area contributed by atoms with Crippen molar-refractivity contribution < 1.29 is 9.59 Å². The second kappa shape index (κ2) is 14.7. The Balaban J connectivity index is 1.43. The molecule has 0 bridgehead atoms. The molecule has 0 saturated carbocycles. The van der Waals surface area contributed by atoms with Gasteiger partial charge in [0.2, 0.25) is 0 Å². The standard InChI is InChI=1S/C26H32N8O2S3/c1-17(23(35)29-27-15-19-7-11-21(12-8-19)33(3)4)37-25-31-32-26(39-25)38-18(2)24(36)30-28-16-20-9-13-22(14-10-20)34(5)6/h7-18H,1-6H3,(H,29,35)(H,30,36). The van der Waals surface area contributed by atoms with Crippen LogP contribution >= 0.6 is 34.9 Å². The van der Waals surface area contributed by atoms with Gasteiger partial charge in [0.05, 0.1) is 22.9 Å². The summed E-state index contributed by atoms with van der Waals surface area (Å²) in [6, 6.07) is 15.7. The lowest BCUT2D eigenvalue weighted by atomic mass is 10.2. The van der Waals surface area contributed by atoms with E-state index in [1.807, 2.05) is 86.5 Å². The summed E-state index contributed by atoms with van der Waals surface area (Å²) in [5.74, 6) is -0.486. The van der Waals surface area contributed by atoms with Crippen molar-refractivity contribution in [1.29, 1.82) is 0 Å². The first-order valence-electron chi connectivity index (χ1n) is 12.0. The molecule has 0 spiro atoms. The Bertz CT molecular complexity index is 1190. The molecule has 2 atom stereocenters. The smallest absolute Gasteiger partial charge is 0.253 e. The van der Waals surface area contributed by atoms with Crippen LogP contribution in [-0.4, -0.2) is 73.1 Å². The second-order valence-corrected chi connectivity index (χ2v) is 12.9. The highest BCUT2D eigenvalue weighted by Crippen LogP contribution is 2.33. The Kier molecular flexibility index (Phi) is 11.3. The van der Waals surface area contributed by atoms with Crippen molar-refractivity contribution in [3.8, 4) is 0 Å². The number of nitrogens with zero attached hydrogens (tertiary/aromatic N) is 6. The Hall–Kier alpha value is -3.42. The first-order valence-corrected chi connectivity index (χ1v) is 14.6. The van der Waals surface area contributed by atoms with Crippen molar-refractivity contribution in [2.24, 2.45) is 10.2 Å².